The van der Waals surface area contributed by atoms with Crippen molar-refractivity contribution in [2.45, 2.75) is 6.42 Å². The molecule has 0 atom stereocenters. The third-order valence-electron chi connectivity index (χ3n) is 5.22. The van der Waals surface area contributed by atoms with Crippen molar-refractivity contribution in [2.75, 3.05) is 39.8 Å². The van der Waals surface area contributed by atoms with Gasteiger partial charge in [-0.25, -0.2) is 4.39 Å². The number of nitrogens with one attached hydrogen (secondary N) is 2. The standard InChI is InChI=1S/C21H24FN5O2.HI/c1-23-21(24-7-6-15-14-25-18-5-4-16(22)13-17(15)18)27-10-8-26(9-11-27)20(28)19-3-2-12-29-19;/h2-5,12-14,25H,6-11H2,1H3,(H,23,24);1H. The monoisotopic (exact) mass is 525 g/mol. The molecule has 160 valence electrons. The van der Waals surface area contributed by atoms with E-state index < -0.39 is 0 Å². The normalized spacial score (nSPS) is 14.7. The van der Waals surface area contributed by atoms with Gasteiger partial charge >= 0.3 is 0 Å². The van der Waals surface area contributed by atoms with Crippen molar-refractivity contribution in [1.82, 2.24) is 20.1 Å². The van der Waals surface area contributed by atoms with E-state index in [1.807, 2.05) is 6.20 Å². The number of H-pyrrole nitrogens is 1. The summed E-state index contributed by atoms with van der Waals surface area (Å²) in [5.74, 6) is 0.866. The lowest BCUT2D eigenvalue weighted by molar-refractivity contribution is 0.0658. The minimum absolute atomic E-state index is 0. The highest BCUT2D eigenvalue weighted by molar-refractivity contribution is 14.0. The van der Waals surface area contributed by atoms with E-state index in [9.17, 15) is 9.18 Å². The zero-order valence-electron chi connectivity index (χ0n) is 16.7. The third-order valence-corrected chi connectivity index (χ3v) is 5.22. The highest BCUT2D eigenvalue weighted by atomic mass is 127. The molecule has 2 aromatic heterocycles. The minimum Gasteiger partial charge on any atom is -0.459 e. The molecule has 9 heteroatoms. The molecule has 0 unspecified atom stereocenters. The molecule has 0 aliphatic carbocycles. The summed E-state index contributed by atoms with van der Waals surface area (Å²) >= 11 is 0. The van der Waals surface area contributed by atoms with E-state index in [1.165, 1.54) is 12.3 Å². The van der Waals surface area contributed by atoms with Crippen LogP contribution in [-0.2, 0) is 6.42 Å². The quantitative estimate of drug-likeness (QED) is 0.312. The van der Waals surface area contributed by atoms with Crippen LogP contribution in [0.15, 0.2) is 52.2 Å². The van der Waals surface area contributed by atoms with Crippen molar-refractivity contribution in [3.63, 3.8) is 0 Å². The molecule has 3 aromatic rings. The molecular weight excluding hydrogens is 500 g/mol. The SMILES string of the molecule is CN=C(NCCc1c[nH]c2ccc(F)cc12)N1CCN(C(=O)c2ccco2)CC1.I. The van der Waals surface area contributed by atoms with Crippen LogP contribution in [0.3, 0.4) is 0 Å². The van der Waals surface area contributed by atoms with E-state index in [0.29, 0.717) is 38.5 Å². The van der Waals surface area contributed by atoms with Gasteiger partial charge in [-0.1, -0.05) is 0 Å². The van der Waals surface area contributed by atoms with Gasteiger partial charge in [0.05, 0.1) is 6.26 Å². The zero-order valence-corrected chi connectivity index (χ0v) is 19.1. The molecule has 3 heterocycles. The van der Waals surface area contributed by atoms with Gasteiger partial charge < -0.3 is 24.5 Å². The van der Waals surface area contributed by atoms with Crippen molar-refractivity contribution < 1.29 is 13.6 Å². The number of fused-ring (bicyclic) bond motifs is 1. The summed E-state index contributed by atoms with van der Waals surface area (Å²) < 4.78 is 18.7. The summed E-state index contributed by atoms with van der Waals surface area (Å²) in [7, 11) is 1.75. The van der Waals surface area contributed by atoms with Gasteiger partial charge in [-0.3, -0.25) is 9.79 Å². The number of guanidine groups is 1. The Balaban J connectivity index is 0.00000256. The van der Waals surface area contributed by atoms with Crippen LogP contribution < -0.4 is 5.32 Å². The first-order valence-corrected chi connectivity index (χ1v) is 9.69. The summed E-state index contributed by atoms with van der Waals surface area (Å²) in [6, 6.07) is 8.18. The predicted molar refractivity (Wildman–Crippen MR) is 125 cm³/mol. The number of hydrogen-bond donors (Lipinski definition) is 2. The summed E-state index contributed by atoms with van der Waals surface area (Å²) in [5, 5.41) is 4.28. The Kier molecular flexibility index (Phi) is 7.35. The number of carbonyl (C=O) groups excluding carboxylic acids is 1. The van der Waals surface area contributed by atoms with E-state index in [1.54, 1.807) is 36.2 Å². The Morgan fingerprint density at radius 1 is 1.23 bits per heavy atom. The van der Waals surface area contributed by atoms with Crippen LogP contribution in [0.5, 0.6) is 0 Å². The number of furan rings is 1. The molecule has 4 rings (SSSR count). The molecule has 0 spiro atoms. The van der Waals surface area contributed by atoms with Crippen molar-refractivity contribution in [2.24, 2.45) is 4.99 Å². The smallest absolute Gasteiger partial charge is 0.289 e. The van der Waals surface area contributed by atoms with Crippen LogP contribution in [0, 0.1) is 5.82 Å². The molecule has 1 fully saturated rings. The fourth-order valence-electron chi connectivity index (χ4n) is 3.68. The Morgan fingerprint density at radius 3 is 2.70 bits per heavy atom. The number of carbonyl (C=O) groups is 1. The molecule has 1 saturated heterocycles. The second-order valence-corrected chi connectivity index (χ2v) is 6.98. The third kappa shape index (κ3) is 4.77. The lowest BCUT2D eigenvalue weighted by Crippen LogP contribution is -2.53. The van der Waals surface area contributed by atoms with Crippen LogP contribution in [-0.4, -0.2) is 66.4 Å². The number of nitrogens with zero attached hydrogens (tertiary/aromatic N) is 3. The van der Waals surface area contributed by atoms with E-state index in [2.05, 4.69) is 20.2 Å². The average Bonchev–Trinajstić information content (AvgIpc) is 3.41. The van der Waals surface area contributed by atoms with Crippen molar-refractivity contribution in [1.29, 1.82) is 0 Å². The van der Waals surface area contributed by atoms with Gasteiger partial charge in [0, 0.05) is 56.9 Å². The van der Waals surface area contributed by atoms with Crippen LogP contribution in [0.2, 0.25) is 0 Å². The fourth-order valence-corrected chi connectivity index (χ4v) is 3.68. The number of benzene rings is 1. The number of halogens is 2. The van der Waals surface area contributed by atoms with Crippen LogP contribution in [0.1, 0.15) is 16.1 Å². The van der Waals surface area contributed by atoms with Gasteiger partial charge in [-0.15, -0.1) is 24.0 Å². The number of aromatic nitrogens is 1. The first kappa shape index (κ1) is 22.1. The summed E-state index contributed by atoms with van der Waals surface area (Å²) in [4.78, 5) is 23.9. The van der Waals surface area contributed by atoms with Gasteiger partial charge in [0.15, 0.2) is 11.7 Å². The number of aliphatic imine (C=N–C) groups is 1. The molecule has 1 aromatic carbocycles. The first-order chi connectivity index (χ1) is 14.2. The zero-order chi connectivity index (χ0) is 20.2. The van der Waals surface area contributed by atoms with Gasteiger partial charge in [-0.05, 0) is 42.3 Å². The Bertz CT molecular complexity index is 1010. The Hall–Kier alpha value is -2.56. The molecule has 0 bridgehead atoms. The second kappa shape index (κ2) is 9.96. The van der Waals surface area contributed by atoms with Crippen LogP contribution in [0.4, 0.5) is 4.39 Å². The highest BCUT2D eigenvalue weighted by Gasteiger charge is 2.25. The molecule has 1 aliphatic heterocycles. The van der Waals surface area contributed by atoms with E-state index in [-0.39, 0.29) is 35.7 Å². The maximum Gasteiger partial charge on any atom is 0.289 e. The second-order valence-electron chi connectivity index (χ2n) is 6.98. The van der Waals surface area contributed by atoms with Gasteiger partial charge in [0.1, 0.15) is 5.82 Å². The first-order valence-electron chi connectivity index (χ1n) is 9.69. The lowest BCUT2D eigenvalue weighted by atomic mass is 10.1. The molecule has 1 aliphatic rings. The number of piperazine rings is 1. The number of rotatable bonds is 4. The number of hydrogen-bond acceptors (Lipinski definition) is 3. The van der Waals surface area contributed by atoms with Crippen molar-refractivity contribution >= 4 is 46.7 Å². The number of amides is 1. The van der Waals surface area contributed by atoms with Crippen LogP contribution in [0.25, 0.3) is 10.9 Å². The Morgan fingerprint density at radius 2 is 2.00 bits per heavy atom. The van der Waals surface area contributed by atoms with Crippen LogP contribution >= 0.6 is 24.0 Å². The van der Waals surface area contributed by atoms with Gasteiger partial charge in [0.2, 0.25) is 0 Å². The molecule has 1 amide bonds. The summed E-state index contributed by atoms with van der Waals surface area (Å²) in [6.45, 7) is 3.31. The molecular formula is C21H25FIN5O2. The van der Waals surface area contributed by atoms with Crippen molar-refractivity contribution in [3.05, 3.63) is 59.9 Å². The summed E-state index contributed by atoms with van der Waals surface area (Å²) in [6.07, 6.45) is 4.18. The fraction of sp³-hybridized carbons (Fsp3) is 0.333. The van der Waals surface area contributed by atoms with Gasteiger partial charge in [0.25, 0.3) is 5.91 Å². The Labute approximate surface area is 191 Å². The molecule has 0 saturated carbocycles. The predicted octanol–water partition coefficient (Wildman–Crippen LogP) is 3.09. The average molecular weight is 525 g/mol. The molecule has 2 N–H and O–H groups in total. The number of aromatic amines is 1. The van der Waals surface area contributed by atoms with E-state index >= 15 is 0 Å². The molecule has 30 heavy (non-hydrogen) atoms. The summed E-state index contributed by atoms with van der Waals surface area (Å²) in [5.41, 5.74) is 2.00. The molecule has 0 radical (unpaired) electrons. The van der Waals surface area contributed by atoms with Crippen molar-refractivity contribution in [3.8, 4) is 0 Å². The maximum absolute atomic E-state index is 13.5. The van der Waals surface area contributed by atoms with Gasteiger partial charge in [-0.2, -0.15) is 0 Å². The van der Waals surface area contributed by atoms with E-state index in [4.69, 9.17) is 4.42 Å². The topological polar surface area (TPSA) is 76.9 Å². The lowest BCUT2D eigenvalue weighted by Gasteiger charge is -2.36. The largest absolute Gasteiger partial charge is 0.459 e. The maximum atomic E-state index is 13.5. The molecule has 7 nitrogen and oxygen atoms in total. The van der Waals surface area contributed by atoms with E-state index in [0.717, 1.165) is 28.8 Å². The highest BCUT2D eigenvalue weighted by Crippen LogP contribution is 2.19. The minimum atomic E-state index is -0.232.